The minimum Gasteiger partial charge on any atom is -0.313 e. The van der Waals surface area contributed by atoms with Gasteiger partial charge in [0.2, 0.25) is 0 Å². The summed E-state index contributed by atoms with van der Waals surface area (Å²) in [5.74, 6) is 0.879. The van der Waals surface area contributed by atoms with Gasteiger partial charge in [-0.1, -0.05) is 13.8 Å². The highest BCUT2D eigenvalue weighted by Crippen LogP contribution is 2.20. The van der Waals surface area contributed by atoms with Gasteiger partial charge in [-0.3, -0.25) is 0 Å². The quantitative estimate of drug-likeness (QED) is 0.731. The van der Waals surface area contributed by atoms with Crippen molar-refractivity contribution in [2.45, 2.75) is 39.7 Å². The lowest BCUT2D eigenvalue weighted by Crippen LogP contribution is -2.43. The molecule has 1 fully saturated rings. The second-order valence-electron chi connectivity index (χ2n) is 5.41. The lowest BCUT2D eigenvalue weighted by Gasteiger charge is -2.34. The maximum atomic E-state index is 3.69. The maximum Gasteiger partial charge on any atom is 0.0104 e. The first kappa shape index (κ1) is 14.9. The van der Waals surface area contributed by atoms with Gasteiger partial charge in [0, 0.05) is 19.1 Å². The topological polar surface area (TPSA) is 18.5 Å². The smallest absolute Gasteiger partial charge is 0.0104 e. The molecule has 3 nitrogen and oxygen atoms in total. The number of hydrogen-bond donors (Lipinski definition) is 1. The Hall–Kier alpha value is -0.120. The minimum absolute atomic E-state index is 0.680. The van der Waals surface area contributed by atoms with E-state index in [1.807, 2.05) is 0 Å². The summed E-state index contributed by atoms with van der Waals surface area (Å²) in [6, 6.07) is 0.680. The number of rotatable bonds is 7. The summed E-state index contributed by atoms with van der Waals surface area (Å²) in [5.41, 5.74) is 0. The molecule has 0 spiro atoms. The third-order valence-corrected chi connectivity index (χ3v) is 4.29. The molecule has 0 aromatic carbocycles. The minimum atomic E-state index is 0.680. The standard InChI is InChI=1S/C14H31N3/c1-5-16(4)12-9-15-13(3)14-7-10-17(6-2)11-8-14/h13-15H,5-12H2,1-4H3. The summed E-state index contributed by atoms with van der Waals surface area (Å²) in [5, 5.41) is 3.69. The molecular formula is C14H31N3. The Bertz CT molecular complexity index is 188. The molecule has 3 heteroatoms. The van der Waals surface area contributed by atoms with Crippen LogP contribution in [0.15, 0.2) is 0 Å². The van der Waals surface area contributed by atoms with E-state index in [1.54, 1.807) is 0 Å². The monoisotopic (exact) mass is 241 g/mol. The van der Waals surface area contributed by atoms with Crippen molar-refractivity contribution in [2.75, 3.05) is 46.3 Å². The normalized spacial score (nSPS) is 21.0. The van der Waals surface area contributed by atoms with Crippen LogP contribution in [0, 0.1) is 5.92 Å². The first-order valence-corrected chi connectivity index (χ1v) is 7.31. The van der Waals surface area contributed by atoms with Crippen LogP contribution in [-0.2, 0) is 0 Å². The largest absolute Gasteiger partial charge is 0.313 e. The van der Waals surface area contributed by atoms with E-state index < -0.39 is 0 Å². The summed E-state index contributed by atoms with van der Waals surface area (Å²) in [6.45, 7) is 14.1. The van der Waals surface area contributed by atoms with Gasteiger partial charge in [-0.25, -0.2) is 0 Å². The summed E-state index contributed by atoms with van der Waals surface area (Å²) in [4.78, 5) is 4.92. The SMILES string of the molecule is CCN(C)CCNC(C)C1CCN(CC)CC1. The van der Waals surface area contributed by atoms with Crippen molar-refractivity contribution >= 4 is 0 Å². The average molecular weight is 241 g/mol. The lowest BCUT2D eigenvalue weighted by molar-refractivity contribution is 0.167. The molecule has 0 aromatic rings. The first-order valence-electron chi connectivity index (χ1n) is 7.31. The van der Waals surface area contributed by atoms with E-state index in [4.69, 9.17) is 0 Å². The Morgan fingerprint density at radius 3 is 2.47 bits per heavy atom. The molecule has 0 radical (unpaired) electrons. The van der Waals surface area contributed by atoms with Gasteiger partial charge in [-0.15, -0.1) is 0 Å². The van der Waals surface area contributed by atoms with Crippen molar-refractivity contribution in [1.29, 1.82) is 0 Å². The second-order valence-corrected chi connectivity index (χ2v) is 5.41. The van der Waals surface area contributed by atoms with Gasteiger partial charge in [0.1, 0.15) is 0 Å². The molecule has 0 amide bonds. The molecule has 1 N–H and O–H groups in total. The molecule has 1 saturated heterocycles. The number of nitrogens with zero attached hydrogens (tertiary/aromatic N) is 2. The molecule has 0 aliphatic carbocycles. The zero-order valence-electron chi connectivity index (χ0n) is 12.2. The van der Waals surface area contributed by atoms with Gasteiger partial charge in [0.05, 0.1) is 0 Å². The van der Waals surface area contributed by atoms with Crippen LogP contribution in [0.2, 0.25) is 0 Å². The summed E-state index contributed by atoms with van der Waals surface area (Å²) < 4.78 is 0. The van der Waals surface area contributed by atoms with Crippen LogP contribution in [0.4, 0.5) is 0 Å². The van der Waals surface area contributed by atoms with Gasteiger partial charge in [0.15, 0.2) is 0 Å². The fourth-order valence-corrected chi connectivity index (χ4v) is 2.58. The Morgan fingerprint density at radius 2 is 1.94 bits per heavy atom. The zero-order valence-corrected chi connectivity index (χ0v) is 12.2. The van der Waals surface area contributed by atoms with Gasteiger partial charge >= 0.3 is 0 Å². The van der Waals surface area contributed by atoms with Crippen molar-refractivity contribution in [3.05, 3.63) is 0 Å². The molecule has 0 aromatic heterocycles. The fourth-order valence-electron chi connectivity index (χ4n) is 2.58. The van der Waals surface area contributed by atoms with E-state index in [9.17, 15) is 0 Å². The first-order chi connectivity index (χ1) is 8.17. The predicted molar refractivity (Wildman–Crippen MR) is 75.5 cm³/mol. The highest BCUT2D eigenvalue weighted by atomic mass is 15.1. The highest BCUT2D eigenvalue weighted by Gasteiger charge is 2.22. The van der Waals surface area contributed by atoms with Crippen LogP contribution in [0.25, 0.3) is 0 Å². The second kappa shape index (κ2) is 8.06. The Labute approximate surface area is 108 Å². The van der Waals surface area contributed by atoms with Crippen LogP contribution in [-0.4, -0.2) is 62.2 Å². The number of piperidine rings is 1. The molecule has 1 rings (SSSR count). The van der Waals surface area contributed by atoms with Gasteiger partial charge < -0.3 is 15.1 Å². The predicted octanol–water partition coefficient (Wildman–Crippen LogP) is 1.65. The van der Waals surface area contributed by atoms with Crippen molar-refractivity contribution in [2.24, 2.45) is 5.92 Å². The average Bonchev–Trinajstić information content (AvgIpc) is 2.38. The number of hydrogen-bond acceptors (Lipinski definition) is 3. The molecule has 0 saturated carbocycles. The zero-order chi connectivity index (χ0) is 12.7. The van der Waals surface area contributed by atoms with Crippen LogP contribution in [0.1, 0.15) is 33.6 Å². The summed E-state index contributed by atoms with van der Waals surface area (Å²) in [7, 11) is 2.19. The Kier molecular flexibility index (Phi) is 7.09. The molecule has 1 unspecified atom stereocenters. The summed E-state index contributed by atoms with van der Waals surface area (Å²) in [6.07, 6.45) is 2.73. The van der Waals surface area contributed by atoms with Crippen LogP contribution < -0.4 is 5.32 Å². The molecule has 102 valence electrons. The van der Waals surface area contributed by atoms with Crippen LogP contribution in [0.5, 0.6) is 0 Å². The highest BCUT2D eigenvalue weighted by molar-refractivity contribution is 4.79. The van der Waals surface area contributed by atoms with Gasteiger partial charge in [-0.05, 0) is 58.9 Å². The lowest BCUT2D eigenvalue weighted by atomic mass is 9.90. The Balaban J connectivity index is 2.13. The third-order valence-electron chi connectivity index (χ3n) is 4.29. The molecule has 1 heterocycles. The van der Waals surface area contributed by atoms with E-state index in [2.05, 4.69) is 42.9 Å². The molecule has 17 heavy (non-hydrogen) atoms. The van der Waals surface area contributed by atoms with Crippen molar-refractivity contribution in [1.82, 2.24) is 15.1 Å². The maximum absolute atomic E-state index is 3.69. The molecule has 1 atom stereocenters. The molecule has 1 aliphatic rings. The summed E-state index contributed by atoms with van der Waals surface area (Å²) >= 11 is 0. The molecular weight excluding hydrogens is 210 g/mol. The van der Waals surface area contributed by atoms with Gasteiger partial charge in [0.25, 0.3) is 0 Å². The number of likely N-dealkylation sites (tertiary alicyclic amines) is 1. The fraction of sp³-hybridized carbons (Fsp3) is 1.00. The number of nitrogens with one attached hydrogen (secondary N) is 1. The van der Waals surface area contributed by atoms with E-state index >= 15 is 0 Å². The van der Waals surface area contributed by atoms with Gasteiger partial charge in [-0.2, -0.15) is 0 Å². The molecule has 0 bridgehead atoms. The third kappa shape index (κ3) is 5.36. The Morgan fingerprint density at radius 1 is 1.29 bits per heavy atom. The van der Waals surface area contributed by atoms with Crippen LogP contribution >= 0.6 is 0 Å². The van der Waals surface area contributed by atoms with E-state index in [0.29, 0.717) is 6.04 Å². The van der Waals surface area contributed by atoms with E-state index in [1.165, 1.54) is 32.5 Å². The molecule has 1 aliphatic heterocycles. The van der Waals surface area contributed by atoms with Crippen molar-refractivity contribution < 1.29 is 0 Å². The van der Waals surface area contributed by atoms with Crippen molar-refractivity contribution in [3.63, 3.8) is 0 Å². The van der Waals surface area contributed by atoms with Crippen LogP contribution in [0.3, 0.4) is 0 Å². The van der Waals surface area contributed by atoms with Crippen molar-refractivity contribution in [3.8, 4) is 0 Å². The number of likely N-dealkylation sites (N-methyl/N-ethyl adjacent to an activating group) is 1. The van der Waals surface area contributed by atoms with E-state index in [0.717, 1.165) is 25.6 Å². The van der Waals surface area contributed by atoms with E-state index in [-0.39, 0.29) is 0 Å².